The van der Waals surface area contributed by atoms with Crippen LogP contribution in [0.3, 0.4) is 0 Å². The van der Waals surface area contributed by atoms with E-state index in [1.807, 2.05) is 18.2 Å². The maximum Gasteiger partial charge on any atom is 0.305 e. The van der Waals surface area contributed by atoms with Gasteiger partial charge in [0, 0.05) is 6.54 Å². The van der Waals surface area contributed by atoms with Crippen LogP contribution in [0.15, 0.2) is 30.3 Å². The van der Waals surface area contributed by atoms with Crippen molar-refractivity contribution in [2.24, 2.45) is 5.73 Å². The van der Waals surface area contributed by atoms with Crippen LogP contribution in [0, 0.1) is 0 Å². The monoisotopic (exact) mass is 292 g/mol. The van der Waals surface area contributed by atoms with Crippen molar-refractivity contribution in [3.05, 3.63) is 35.9 Å². The second kappa shape index (κ2) is 6.24. The molecule has 1 aromatic carbocycles. The number of morpholine rings is 1. The zero-order chi connectivity index (χ0) is 15.5. The number of carboxylic acid groups (broad SMARTS) is 1. The van der Waals surface area contributed by atoms with E-state index in [1.165, 1.54) is 4.90 Å². The largest absolute Gasteiger partial charge is 0.481 e. The number of carbonyl (C=O) groups is 2. The number of benzene rings is 1. The summed E-state index contributed by atoms with van der Waals surface area (Å²) in [5, 5.41) is 8.96. The van der Waals surface area contributed by atoms with E-state index in [0.717, 1.165) is 0 Å². The number of carboxylic acids is 1. The maximum absolute atomic E-state index is 12.8. The topological polar surface area (TPSA) is 92.9 Å². The van der Waals surface area contributed by atoms with Gasteiger partial charge in [-0.25, -0.2) is 0 Å². The number of hydrogen-bond donors (Lipinski definition) is 2. The fourth-order valence-electron chi connectivity index (χ4n) is 2.50. The van der Waals surface area contributed by atoms with Crippen molar-refractivity contribution in [3.8, 4) is 0 Å². The quantitative estimate of drug-likeness (QED) is 0.846. The SMILES string of the molecule is CC(N)(C(=O)N1CCOCC1CC(=O)O)c1ccccc1. The van der Waals surface area contributed by atoms with Gasteiger partial charge in [-0.15, -0.1) is 0 Å². The van der Waals surface area contributed by atoms with Crippen molar-refractivity contribution >= 4 is 11.9 Å². The summed E-state index contributed by atoms with van der Waals surface area (Å²) in [5.74, 6) is -1.23. The lowest BCUT2D eigenvalue weighted by molar-refractivity contribution is -0.150. The lowest BCUT2D eigenvalue weighted by atomic mass is 9.90. The van der Waals surface area contributed by atoms with Crippen LogP contribution in [-0.4, -0.2) is 47.7 Å². The van der Waals surface area contributed by atoms with E-state index >= 15 is 0 Å². The van der Waals surface area contributed by atoms with Crippen LogP contribution in [0.4, 0.5) is 0 Å². The summed E-state index contributed by atoms with van der Waals surface area (Å²) in [6, 6.07) is 8.61. The molecule has 0 radical (unpaired) electrons. The molecule has 1 amide bonds. The summed E-state index contributed by atoms with van der Waals surface area (Å²) in [4.78, 5) is 25.2. The Morgan fingerprint density at radius 1 is 1.43 bits per heavy atom. The highest BCUT2D eigenvalue weighted by Gasteiger charge is 2.39. The van der Waals surface area contributed by atoms with Crippen LogP contribution in [-0.2, 0) is 19.9 Å². The number of ether oxygens (including phenoxy) is 1. The number of aliphatic carboxylic acids is 1. The lowest BCUT2D eigenvalue weighted by Crippen LogP contribution is -2.58. The van der Waals surface area contributed by atoms with Crippen LogP contribution >= 0.6 is 0 Å². The van der Waals surface area contributed by atoms with Gasteiger partial charge in [0.15, 0.2) is 0 Å². The predicted molar refractivity (Wildman–Crippen MR) is 76.6 cm³/mol. The van der Waals surface area contributed by atoms with Gasteiger partial charge < -0.3 is 20.5 Å². The molecule has 0 saturated carbocycles. The fraction of sp³-hybridized carbons (Fsp3) is 0.467. The molecule has 3 N–H and O–H groups in total. The Kier molecular flexibility index (Phi) is 4.59. The Hall–Kier alpha value is -1.92. The smallest absolute Gasteiger partial charge is 0.305 e. The third-order valence-corrected chi connectivity index (χ3v) is 3.72. The normalized spacial score (nSPS) is 21.6. The zero-order valence-electron chi connectivity index (χ0n) is 12.0. The fourth-order valence-corrected chi connectivity index (χ4v) is 2.50. The second-order valence-electron chi connectivity index (χ2n) is 5.39. The van der Waals surface area contributed by atoms with E-state index in [1.54, 1.807) is 19.1 Å². The number of nitrogens with two attached hydrogens (primary N) is 1. The highest BCUT2D eigenvalue weighted by molar-refractivity contribution is 5.87. The first kappa shape index (κ1) is 15.5. The van der Waals surface area contributed by atoms with E-state index in [-0.39, 0.29) is 18.9 Å². The Labute approximate surface area is 123 Å². The number of nitrogens with zero attached hydrogens (tertiary/aromatic N) is 1. The van der Waals surface area contributed by atoms with E-state index in [9.17, 15) is 9.59 Å². The summed E-state index contributed by atoms with van der Waals surface area (Å²) in [6.45, 7) is 2.63. The molecule has 0 aromatic heterocycles. The van der Waals surface area contributed by atoms with Crippen LogP contribution in [0.2, 0.25) is 0 Å². The second-order valence-corrected chi connectivity index (χ2v) is 5.39. The molecule has 2 unspecified atom stereocenters. The highest BCUT2D eigenvalue weighted by atomic mass is 16.5. The molecule has 1 fully saturated rings. The van der Waals surface area contributed by atoms with E-state index in [4.69, 9.17) is 15.6 Å². The van der Waals surface area contributed by atoms with Gasteiger partial charge >= 0.3 is 5.97 Å². The van der Waals surface area contributed by atoms with E-state index in [2.05, 4.69) is 0 Å². The Morgan fingerprint density at radius 3 is 2.71 bits per heavy atom. The molecule has 1 heterocycles. The first-order valence-electron chi connectivity index (χ1n) is 6.88. The number of hydrogen-bond acceptors (Lipinski definition) is 4. The van der Waals surface area contributed by atoms with Gasteiger partial charge in [-0.3, -0.25) is 9.59 Å². The van der Waals surface area contributed by atoms with Crippen molar-refractivity contribution < 1.29 is 19.4 Å². The molecule has 1 aliphatic heterocycles. The summed E-state index contributed by atoms with van der Waals surface area (Å²) < 4.78 is 5.28. The summed E-state index contributed by atoms with van der Waals surface area (Å²) in [6.07, 6.45) is -0.142. The van der Waals surface area contributed by atoms with Crippen molar-refractivity contribution in [3.63, 3.8) is 0 Å². The van der Waals surface area contributed by atoms with Crippen molar-refractivity contribution in [2.45, 2.75) is 24.9 Å². The Bertz CT molecular complexity index is 516. The van der Waals surface area contributed by atoms with Crippen LogP contribution in [0.5, 0.6) is 0 Å². The van der Waals surface area contributed by atoms with Gasteiger partial charge in [-0.1, -0.05) is 30.3 Å². The third kappa shape index (κ3) is 3.40. The van der Waals surface area contributed by atoms with Crippen molar-refractivity contribution in [1.82, 2.24) is 4.90 Å². The van der Waals surface area contributed by atoms with E-state index < -0.39 is 17.6 Å². The van der Waals surface area contributed by atoms with Gasteiger partial charge in [-0.05, 0) is 12.5 Å². The maximum atomic E-state index is 12.8. The van der Waals surface area contributed by atoms with Gasteiger partial charge in [0.05, 0.1) is 25.7 Å². The lowest BCUT2D eigenvalue weighted by Gasteiger charge is -2.39. The molecule has 0 bridgehead atoms. The number of amides is 1. The minimum Gasteiger partial charge on any atom is -0.481 e. The first-order valence-corrected chi connectivity index (χ1v) is 6.88. The Balaban J connectivity index is 2.22. The predicted octanol–water partition coefficient (Wildman–Crippen LogP) is 0.563. The van der Waals surface area contributed by atoms with Crippen molar-refractivity contribution in [1.29, 1.82) is 0 Å². The zero-order valence-corrected chi connectivity index (χ0v) is 12.0. The van der Waals surface area contributed by atoms with Gasteiger partial charge in [0.25, 0.3) is 0 Å². The van der Waals surface area contributed by atoms with Gasteiger partial charge in [0.1, 0.15) is 5.54 Å². The van der Waals surface area contributed by atoms with Crippen molar-refractivity contribution in [2.75, 3.05) is 19.8 Å². The molecule has 0 aliphatic carbocycles. The molecule has 6 heteroatoms. The molecule has 21 heavy (non-hydrogen) atoms. The highest BCUT2D eigenvalue weighted by Crippen LogP contribution is 2.23. The van der Waals surface area contributed by atoms with E-state index in [0.29, 0.717) is 18.7 Å². The van der Waals surface area contributed by atoms with Crippen LogP contribution in [0.1, 0.15) is 18.9 Å². The first-order chi connectivity index (χ1) is 9.93. The summed E-state index contributed by atoms with van der Waals surface area (Å²) in [7, 11) is 0. The van der Waals surface area contributed by atoms with Crippen LogP contribution < -0.4 is 5.73 Å². The van der Waals surface area contributed by atoms with Crippen LogP contribution in [0.25, 0.3) is 0 Å². The van der Waals surface area contributed by atoms with Gasteiger partial charge in [-0.2, -0.15) is 0 Å². The molecular formula is C15H20N2O4. The van der Waals surface area contributed by atoms with Gasteiger partial charge in [0.2, 0.25) is 5.91 Å². The average Bonchev–Trinajstić information content (AvgIpc) is 2.47. The minimum absolute atomic E-state index is 0.142. The number of carbonyl (C=O) groups excluding carboxylic acids is 1. The average molecular weight is 292 g/mol. The molecule has 1 saturated heterocycles. The number of rotatable bonds is 4. The molecule has 6 nitrogen and oxygen atoms in total. The molecule has 114 valence electrons. The summed E-state index contributed by atoms with van der Waals surface area (Å²) in [5.41, 5.74) is 5.75. The third-order valence-electron chi connectivity index (χ3n) is 3.72. The molecular weight excluding hydrogens is 272 g/mol. The molecule has 2 atom stereocenters. The molecule has 1 aliphatic rings. The minimum atomic E-state index is -1.19. The Morgan fingerprint density at radius 2 is 2.10 bits per heavy atom. The molecule has 0 spiro atoms. The summed E-state index contributed by atoms with van der Waals surface area (Å²) >= 11 is 0. The molecule has 2 rings (SSSR count). The molecule has 1 aromatic rings. The standard InChI is InChI=1S/C15H20N2O4/c1-15(16,11-5-3-2-4-6-11)14(20)17-7-8-21-10-12(17)9-13(18)19/h2-6,12H,7-10,16H2,1H3,(H,18,19).